The molecule has 0 saturated carbocycles. The highest BCUT2D eigenvalue weighted by Crippen LogP contribution is 2.38. The fourth-order valence-electron chi connectivity index (χ4n) is 3.51. The second-order valence-corrected chi connectivity index (χ2v) is 9.17. The van der Waals surface area contributed by atoms with Gasteiger partial charge in [0.1, 0.15) is 23.9 Å². The standard InChI is InChI=1S/C25H33N3O5/c1-16(2)9-10-28-21-8-7-17(13-22(21)33-15-25(3,4)23(28)29)26-24(30)27-18-11-19(31-5)14-20(12-18)32-6/h7-8,11-14,16H,9-10,15H2,1-6H3,(H2,26,27,30). The van der Waals surface area contributed by atoms with Gasteiger partial charge in [-0.25, -0.2) is 4.79 Å². The van der Waals surface area contributed by atoms with E-state index in [0.717, 1.165) is 12.1 Å². The average Bonchev–Trinajstić information content (AvgIpc) is 2.86. The first-order valence-electron chi connectivity index (χ1n) is 11.0. The highest BCUT2D eigenvalue weighted by atomic mass is 16.5. The Kier molecular flexibility index (Phi) is 7.36. The molecule has 0 radical (unpaired) electrons. The maximum absolute atomic E-state index is 13.2. The van der Waals surface area contributed by atoms with Crippen LogP contribution in [0, 0.1) is 11.3 Å². The van der Waals surface area contributed by atoms with Gasteiger partial charge in [-0.05, 0) is 38.3 Å². The van der Waals surface area contributed by atoms with Crippen LogP contribution in [0.1, 0.15) is 34.1 Å². The summed E-state index contributed by atoms with van der Waals surface area (Å²) in [6, 6.07) is 10.0. The predicted octanol–water partition coefficient (Wildman–Crippen LogP) is 5.15. The summed E-state index contributed by atoms with van der Waals surface area (Å²) >= 11 is 0. The molecule has 0 spiro atoms. The zero-order chi connectivity index (χ0) is 24.2. The van der Waals surface area contributed by atoms with Gasteiger partial charge < -0.3 is 29.7 Å². The fourth-order valence-corrected chi connectivity index (χ4v) is 3.51. The molecule has 1 aliphatic rings. The van der Waals surface area contributed by atoms with Crippen LogP contribution < -0.4 is 29.7 Å². The van der Waals surface area contributed by atoms with Gasteiger partial charge in [0.05, 0.1) is 25.3 Å². The molecule has 3 rings (SSSR count). The Morgan fingerprint density at radius 1 is 1.06 bits per heavy atom. The van der Waals surface area contributed by atoms with Gasteiger partial charge in [-0.1, -0.05) is 13.8 Å². The highest BCUT2D eigenvalue weighted by molar-refractivity contribution is 6.02. The largest absolute Gasteiger partial charge is 0.497 e. The molecule has 2 aromatic carbocycles. The summed E-state index contributed by atoms with van der Waals surface area (Å²) in [6.45, 7) is 8.91. The lowest BCUT2D eigenvalue weighted by Gasteiger charge is -2.28. The predicted molar refractivity (Wildman–Crippen MR) is 130 cm³/mol. The molecule has 0 saturated heterocycles. The Morgan fingerprint density at radius 2 is 1.70 bits per heavy atom. The average molecular weight is 456 g/mol. The highest BCUT2D eigenvalue weighted by Gasteiger charge is 2.37. The van der Waals surface area contributed by atoms with Crippen molar-refractivity contribution >= 4 is 29.0 Å². The van der Waals surface area contributed by atoms with E-state index < -0.39 is 11.4 Å². The van der Waals surface area contributed by atoms with Crippen LogP contribution in [0.3, 0.4) is 0 Å². The van der Waals surface area contributed by atoms with Gasteiger partial charge in [0, 0.05) is 42.2 Å². The molecular weight excluding hydrogens is 422 g/mol. The molecule has 33 heavy (non-hydrogen) atoms. The second kappa shape index (κ2) is 10.0. The molecular formula is C25H33N3O5. The summed E-state index contributed by atoms with van der Waals surface area (Å²) in [5.74, 6) is 2.20. The van der Waals surface area contributed by atoms with Gasteiger partial charge in [-0.3, -0.25) is 4.79 Å². The number of anilines is 3. The molecule has 0 aliphatic carbocycles. The smallest absolute Gasteiger partial charge is 0.323 e. The third kappa shape index (κ3) is 5.88. The van der Waals surface area contributed by atoms with Crippen molar-refractivity contribution in [3.05, 3.63) is 36.4 Å². The number of benzene rings is 2. The van der Waals surface area contributed by atoms with E-state index in [0.29, 0.717) is 41.1 Å². The van der Waals surface area contributed by atoms with Crippen LogP contribution in [0.5, 0.6) is 17.2 Å². The summed E-state index contributed by atoms with van der Waals surface area (Å²) in [5, 5.41) is 5.60. The third-order valence-corrected chi connectivity index (χ3v) is 5.46. The van der Waals surface area contributed by atoms with Gasteiger partial charge in [0.25, 0.3) is 0 Å². The SMILES string of the molecule is COc1cc(NC(=O)Nc2ccc3c(c2)OCC(C)(C)C(=O)N3CCC(C)C)cc(OC)c1. The topological polar surface area (TPSA) is 89.1 Å². The molecule has 178 valence electrons. The van der Waals surface area contributed by atoms with Crippen molar-refractivity contribution in [3.63, 3.8) is 0 Å². The van der Waals surface area contributed by atoms with Gasteiger partial charge in [-0.15, -0.1) is 0 Å². The summed E-state index contributed by atoms with van der Waals surface area (Å²) in [6.07, 6.45) is 0.883. The van der Waals surface area contributed by atoms with Crippen molar-refractivity contribution in [1.82, 2.24) is 0 Å². The van der Waals surface area contributed by atoms with Crippen molar-refractivity contribution in [2.75, 3.05) is 42.9 Å². The summed E-state index contributed by atoms with van der Waals surface area (Å²) in [5.41, 5.74) is 1.15. The molecule has 8 heteroatoms. The van der Waals surface area contributed by atoms with E-state index in [-0.39, 0.29) is 12.5 Å². The Hall–Kier alpha value is -3.42. The van der Waals surface area contributed by atoms with Crippen molar-refractivity contribution < 1.29 is 23.8 Å². The van der Waals surface area contributed by atoms with Gasteiger partial charge in [-0.2, -0.15) is 0 Å². The van der Waals surface area contributed by atoms with Crippen LogP contribution in [0.2, 0.25) is 0 Å². The number of ether oxygens (including phenoxy) is 3. The van der Waals surface area contributed by atoms with Crippen molar-refractivity contribution in [3.8, 4) is 17.2 Å². The summed E-state index contributed by atoms with van der Waals surface area (Å²) in [4.78, 5) is 27.6. The number of fused-ring (bicyclic) bond motifs is 1. The van der Waals surface area contributed by atoms with Crippen LogP contribution >= 0.6 is 0 Å². The number of carbonyl (C=O) groups excluding carboxylic acids is 2. The monoisotopic (exact) mass is 455 g/mol. The Labute approximate surface area is 195 Å². The van der Waals surface area contributed by atoms with E-state index in [1.165, 1.54) is 0 Å². The van der Waals surface area contributed by atoms with Crippen LogP contribution in [0.4, 0.5) is 21.9 Å². The molecule has 1 aliphatic heterocycles. The molecule has 2 N–H and O–H groups in total. The minimum absolute atomic E-state index is 0.0346. The molecule has 1 heterocycles. The number of nitrogens with one attached hydrogen (secondary N) is 2. The van der Waals surface area contributed by atoms with E-state index in [9.17, 15) is 9.59 Å². The molecule has 0 unspecified atom stereocenters. The van der Waals surface area contributed by atoms with Crippen molar-refractivity contribution in [2.45, 2.75) is 34.1 Å². The number of carbonyl (C=O) groups is 2. The minimum atomic E-state index is -0.646. The second-order valence-electron chi connectivity index (χ2n) is 9.17. The molecule has 8 nitrogen and oxygen atoms in total. The first-order chi connectivity index (χ1) is 15.6. The molecule has 0 aromatic heterocycles. The quantitative estimate of drug-likeness (QED) is 0.603. The maximum atomic E-state index is 13.2. The number of amides is 3. The van der Waals surface area contributed by atoms with E-state index in [1.54, 1.807) is 49.5 Å². The van der Waals surface area contributed by atoms with Gasteiger partial charge in [0.15, 0.2) is 0 Å². The number of methoxy groups -OCH3 is 2. The molecule has 3 amide bonds. The Morgan fingerprint density at radius 3 is 2.30 bits per heavy atom. The number of hydrogen-bond donors (Lipinski definition) is 2. The fraction of sp³-hybridized carbons (Fsp3) is 0.440. The summed E-state index contributed by atoms with van der Waals surface area (Å²) < 4.78 is 16.5. The number of hydrogen-bond acceptors (Lipinski definition) is 5. The van der Waals surface area contributed by atoms with Crippen LogP contribution in [0.15, 0.2) is 36.4 Å². The molecule has 2 aromatic rings. The lowest BCUT2D eigenvalue weighted by atomic mass is 9.92. The number of rotatable bonds is 7. The zero-order valence-corrected chi connectivity index (χ0v) is 20.2. The van der Waals surface area contributed by atoms with Crippen LogP contribution in [-0.2, 0) is 4.79 Å². The first kappa shape index (κ1) is 24.2. The molecule has 0 fully saturated rings. The van der Waals surface area contributed by atoms with Crippen molar-refractivity contribution in [1.29, 1.82) is 0 Å². The first-order valence-corrected chi connectivity index (χ1v) is 11.0. The third-order valence-electron chi connectivity index (χ3n) is 5.46. The van der Waals surface area contributed by atoms with E-state index in [4.69, 9.17) is 14.2 Å². The Balaban J connectivity index is 1.80. The van der Waals surface area contributed by atoms with Gasteiger partial charge in [0.2, 0.25) is 5.91 Å². The van der Waals surface area contributed by atoms with Gasteiger partial charge >= 0.3 is 6.03 Å². The van der Waals surface area contributed by atoms with Crippen molar-refractivity contribution in [2.24, 2.45) is 11.3 Å². The minimum Gasteiger partial charge on any atom is -0.497 e. The van der Waals surface area contributed by atoms with Crippen LogP contribution in [-0.4, -0.2) is 39.3 Å². The number of urea groups is 1. The van der Waals surface area contributed by atoms with E-state index in [1.807, 2.05) is 19.9 Å². The lowest BCUT2D eigenvalue weighted by Crippen LogP contribution is -2.42. The Bertz CT molecular complexity index is 997. The van der Waals surface area contributed by atoms with Crippen LogP contribution in [0.25, 0.3) is 0 Å². The zero-order valence-electron chi connectivity index (χ0n) is 20.2. The molecule has 0 atom stereocenters. The lowest BCUT2D eigenvalue weighted by molar-refractivity contribution is -0.127. The summed E-state index contributed by atoms with van der Waals surface area (Å²) in [7, 11) is 3.09. The molecule has 0 bridgehead atoms. The van der Waals surface area contributed by atoms with E-state index >= 15 is 0 Å². The number of nitrogens with zero attached hydrogens (tertiary/aromatic N) is 1. The maximum Gasteiger partial charge on any atom is 0.323 e. The van der Waals surface area contributed by atoms with E-state index in [2.05, 4.69) is 24.5 Å². The normalized spacial score (nSPS) is 14.8.